The molecule has 0 radical (unpaired) electrons. The van der Waals surface area contributed by atoms with E-state index in [0.29, 0.717) is 34.0 Å². The monoisotopic (exact) mass is 405 g/mol. The molecular weight excluding hydrogens is 386 g/mol. The van der Waals surface area contributed by atoms with Crippen molar-refractivity contribution in [1.29, 1.82) is 0 Å². The Morgan fingerprint density at radius 2 is 1.63 bits per heavy atom. The maximum absolute atomic E-state index is 12.6. The number of carbonyl (C=O) groups excluding carboxylic acids is 3. The summed E-state index contributed by atoms with van der Waals surface area (Å²) in [6, 6.07) is 12.0. The first-order valence-corrected chi connectivity index (χ1v) is 9.94. The molecule has 0 bridgehead atoms. The molecule has 0 spiro atoms. The van der Waals surface area contributed by atoms with Gasteiger partial charge >= 0.3 is 0 Å². The van der Waals surface area contributed by atoms with Gasteiger partial charge in [-0.05, 0) is 67.0 Å². The molecule has 0 saturated heterocycles. The molecule has 4 N–H and O–H groups in total. The average molecular weight is 406 g/mol. The molecule has 0 heterocycles. The summed E-state index contributed by atoms with van der Waals surface area (Å²) in [6.45, 7) is 0. The highest BCUT2D eigenvalue weighted by Crippen LogP contribution is 2.13. The highest BCUT2D eigenvalue weighted by molar-refractivity contribution is 7.98. The summed E-state index contributed by atoms with van der Waals surface area (Å²) in [7, 11) is 0. The van der Waals surface area contributed by atoms with Gasteiger partial charge in [-0.1, -0.05) is 11.6 Å². The van der Waals surface area contributed by atoms with Gasteiger partial charge in [0.25, 0.3) is 5.91 Å². The molecule has 0 aromatic heterocycles. The van der Waals surface area contributed by atoms with Gasteiger partial charge in [0.15, 0.2) is 0 Å². The summed E-state index contributed by atoms with van der Waals surface area (Å²) in [5, 5.41) is 6.03. The molecule has 27 heavy (non-hydrogen) atoms. The largest absolute Gasteiger partial charge is 0.366 e. The number of hydrogen-bond donors (Lipinski definition) is 3. The van der Waals surface area contributed by atoms with Crippen LogP contribution in [0, 0.1) is 0 Å². The van der Waals surface area contributed by atoms with Gasteiger partial charge in [0.2, 0.25) is 11.8 Å². The van der Waals surface area contributed by atoms with Crippen LogP contribution in [0.3, 0.4) is 0 Å². The maximum Gasteiger partial charge on any atom is 0.251 e. The lowest BCUT2D eigenvalue weighted by Gasteiger charge is -2.18. The smallest absolute Gasteiger partial charge is 0.251 e. The van der Waals surface area contributed by atoms with E-state index in [9.17, 15) is 14.4 Å². The standard InChI is InChI=1S/C19H20ClN3O3S/c1-27-11-10-16(23-18(25)13-2-6-14(20)7-3-13)19(26)22-15-8-4-12(5-9-15)17(21)24/h2-9,16H,10-11H2,1H3,(H2,21,24)(H,22,26)(H,23,25)/t16-/m1/s1. The molecular formula is C19H20ClN3O3S. The molecule has 0 aliphatic rings. The third-order valence-corrected chi connectivity index (χ3v) is 4.67. The molecule has 2 aromatic carbocycles. The van der Waals surface area contributed by atoms with Crippen LogP contribution in [0.25, 0.3) is 0 Å². The molecule has 8 heteroatoms. The molecule has 6 nitrogen and oxygen atoms in total. The van der Waals surface area contributed by atoms with Crippen molar-refractivity contribution in [1.82, 2.24) is 5.32 Å². The summed E-state index contributed by atoms with van der Waals surface area (Å²) in [5.41, 5.74) is 6.49. The van der Waals surface area contributed by atoms with E-state index in [0.717, 1.165) is 0 Å². The van der Waals surface area contributed by atoms with Gasteiger partial charge < -0.3 is 16.4 Å². The van der Waals surface area contributed by atoms with Crippen LogP contribution in [0.15, 0.2) is 48.5 Å². The minimum absolute atomic E-state index is 0.335. The molecule has 1 atom stereocenters. The van der Waals surface area contributed by atoms with Crippen molar-refractivity contribution in [3.8, 4) is 0 Å². The summed E-state index contributed by atoms with van der Waals surface area (Å²) in [6.07, 6.45) is 2.41. The van der Waals surface area contributed by atoms with Crippen molar-refractivity contribution in [3.63, 3.8) is 0 Å². The second-order valence-corrected chi connectivity index (χ2v) is 7.17. The van der Waals surface area contributed by atoms with E-state index in [1.54, 1.807) is 48.2 Å². The fraction of sp³-hybridized carbons (Fsp3) is 0.211. The van der Waals surface area contributed by atoms with E-state index in [1.165, 1.54) is 12.1 Å². The van der Waals surface area contributed by atoms with Crippen LogP contribution in [-0.4, -0.2) is 35.8 Å². The topological polar surface area (TPSA) is 101 Å². The van der Waals surface area contributed by atoms with E-state index < -0.39 is 11.9 Å². The average Bonchev–Trinajstić information content (AvgIpc) is 2.65. The molecule has 2 aromatic rings. The van der Waals surface area contributed by atoms with Gasteiger partial charge in [-0.2, -0.15) is 11.8 Å². The van der Waals surface area contributed by atoms with E-state index in [2.05, 4.69) is 10.6 Å². The van der Waals surface area contributed by atoms with Crippen LogP contribution in [0.2, 0.25) is 5.02 Å². The summed E-state index contributed by atoms with van der Waals surface area (Å²) in [5.74, 6) is -0.518. The van der Waals surface area contributed by atoms with Crippen LogP contribution < -0.4 is 16.4 Å². The summed E-state index contributed by atoms with van der Waals surface area (Å²) < 4.78 is 0. The van der Waals surface area contributed by atoms with Crippen LogP contribution in [0.1, 0.15) is 27.1 Å². The zero-order valence-electron chi connectivity index (χ0n) is 14.7. The lowest BCUT2D eigenvalue weighted by molar-refractivity contribution is -0.118. The predicted molar refractivity (Wildman–Crippen MR) is 109 cm³/mol. The molecule has 3 amide bonds. The highest BCUT2D eigenvalue weighted by Gasteiger charge is 2.21. The van der Waals surface area contributed by atoms with Crippen molar-refractivity contribution < 1.29 is 14.4 Å². The first-order valence-electron chi connectivity index (χ1n) is 8.17. The Kier molecular flexibility index (Phi) is 7.69. The molecule has 2 rings (SSSR count). The van der Waals surface area contributed by atoms with Gasteiger partial charge in [-0.3, -0.25) is 14.4 Å². The first kappa shape index (κ1) is 20.8. The van der Waals surface area contributed by atoms with Crippen LogP contribution in [0.4, 0.5) is 5.69 Å². The second-order valence-electron chi connectivity index (χ2n) is 5.75. The van der Waals surface area contributed by atoms with Gasteiger partial charge in [-0.25, -0.2) is 0 Å². The number of carbonyl (C=O) groups is 3. The fourth-order valence-corrected chi connectivity index (χ4v) is 2.89. The Bertz CT molecular complexity index is 810. The molecule has 0 fully saturated rings. The molecule has 0 unspecified atom stereocenters. The lowest BCUT2D eigenvalue weighted by atomic mass is 10.1. The van der Waals surface area contributed by atoms with E-state index in [1.807, 2.05) is 6.26 Å². The lowest BCUT2D eigenvalue weighted by Crippen LogP contribution is -2.44. The Labute approximate surface area is 166 Å². The van der Waals surface area contributed by atoms with Crippen molar-refractivity contribution >= 4 is 46.8 Å². The van der Waals surface area contributed by atoms with E-state index in [4.69, 9.17) is 17.3 Å². The van der Waals surface area contributed by atoms with Crippen LogP contribution >= 0.6 is 23.4 Å². The summed E-state index contributed by atoms with van der Waals surface area (Å²) in [4.78, 5) is 36.1. The van der Waals surface area contributed by atoms with Crippen molar-refractivity contribution in [3.05, 3.63) is 64.7 Å². The number of anilines is 1. The number of primary amides is 1. The number of hydrogen-bond acceptors (Lipinski definition) is 4. The molecule has 0 aliphatic heterocycles. The SMILES string of the molecule is CSCC[C@@H](NC(=O)c1ccc(Cl)cc1)C(=O)Nc1ccc(C(N)=O)cc1. The number of amides is 3. The van der Waals surface area contributed by atoms with Crippen molar-refractivity contribution in [2.45, 2.75) is 12.5 Å². The Balaban J connectivity index is 2.07. The Morgan fingerprint density at radius 3 is 2.19 bits per heavy atom. The predicted octanol–water partition coefficient (Wildman–Crippen LogP) is 2.93. The number of benzene rings is 2. The zero-order valence-corrected chi connectivity index (χ0v) is 16.3. The van der Waals surface area contributed by atoms with Crippen LogP contribution in [-0.2, 0) is 4.79 Å². The third-order valence-electron chi connectivity index (χ3n) is 3.78. The maximum atomic E-state index is 12.6. The van der Waals surface area contributed by atoms with Gasteiger partial charge in [0.05, 0.1) is 0 Å². The number of thioether (sulfide) groups is 1. The molecule has 142 valence electrons. The Morgan fingerprint density at radius 1 is 1.04 bits per heavy atom. The molecule has 0 saturated carbocycles. The van der Waals surface area contributed by atoms with Crippen LogP contribution in [0.5, 0.6) is 0 Å². The van der Waals surface area contributed by atoms with Gasteiger partial charge in [0.1, 0.15) is 6.04 Å². The van der Waals surface area contributed by atoms with Crippen molar-refractivity contribution in [2.24, 2.45) is 5.73 Å². The van der Waals surface area contributed by atoms with Crippen molar-refractivity contribution in [2.75, 3.05) is 17.3 Å². The van der Waals surface area contributed by atoms with E-state index in [-0.39, 0.29) is 11.8 Å². The second kappa shape index (κ2) is 9.99. The summed E-state index contributed by atoms with van der Waals surface area (Å²) >= 11 is 7.42. The first-order chi connectivity index (χ1) is 12.9. The fourth-order valence-electron chi connectivity index (χ4n) is 2.29. The zero-order chi connectivity index (χ0) is 19.8. The number of rotatable bonds is 8. The number of nitrogens with two attached hydrogens (primary N) is 1. The highest BCUT2D eigenvalue weighted by atomic mass is 35.5. The minimum atomic E-state index is -0.698. The van der Waals surface area contributed by atoms with Gasteiger partial charge in [-0.15, -0.1) is 0 Å². The number of halogens is 1. The minimum Gasteiger partial charge on any atom is -0.366 e. The Hall–Kier alpha value is -2.51. The third kappa shape index (κ3) is 6.30. The quantitative estimate of drug-likeness (QED) is 0.628. The normalized spacial score (nSPS) is 11.5. The van der Waals surface area contributed by atoms with E-state index >= 15 is 0 Å². The molecule has 0 aliphatic carbocycles. The van der Waals surface area contributed by atoms with Gasteiger partial charge in [0, 0.05) is 21.8 Å². The number of nitrogens with one attached hydrogen (secondary N) is 2.